The van der Waals surface area contributed by atoms with Crippen LogP contribution in [0.4, 0.5) is 0 Å². The summed E-state index contributed by atoms with van der Waals surface area (Å²) < 4.78 is 0. The number of hydrogen-bond donors (Lipinski definition) is 0. The zero-order valence-corrected chi connectivity index (χ0v) is 40.2. The highest BCUT2D eigenvalue weighted by molar-refractivity contribution is 5.42. The Balaban J connectivity index is 0.862. The van der Waals surface area contributed by atoms with E-state index in [0.717, 1.165) is 64.2 Å². The quantitative estimate of drug-likeness (QED) is 0.142. The molecule has 0 unspecified atom stereocenters. The second kappa shape index (κ2) is 21.2. The van der Waals surface area contributed by atoms with Crippen LogP contribution in [0, 0.1) is 0 Å². The molecule has 10 aromatic carbocycles. The van der Waals surface area contributed by atoms with E-state index in [0.29, 0.717) is 0 Å². The molecule has 0 saturated carbocycles. The Kier molecular flexibility index (Phi) is 13.6. The Morgan fingerprint density at radius 3 is 0.257 bits per heavy atom. The minimum Gasteiger partial charge on any atom is -0.0617 e. The molecule has 0 atom stereocenters. The number of rotatable bonds is 0. The number of benzene rings is 10. The standard InChI is InChI=1S/C70H60/c1-11-51-31-52(12-1)42-54-14-3-16-56(33-54)44-58-18-5-20-60(35-58)46-62-22-7-24-64(37-62)48-66-26-9-28-68(39-66)50-70-30-10-29-69(40-70)49-67-27-8-25-65(38-67)47-63-23-6-21-61(36-63)45-59-19-4-17-57(34-59)43-55-15-2-13-53(32-55)41-51/h1-40H,41-50H2. The molecule has 10 aromatic rings. The Bertz CT molecular complexity index is 2470. The van der Waals surface area contributed by atoms with E-state index in [4.69, 9.17) is 0 Å². The summed E-state index contributed by atoms with van der Waals surface area (Å²) in [4.78, 5) is 0. The smallest absolute Gasteiger partial charge is 0.00256 e. The Morgan fingerprint density at radius 2 is 0.186 bits per heavy atom. The molecule has 0 heteroatoms. The van der Waals surface area contributed by atoms with E-state index in [1.165, 1.54) is 111 Å². The van der Waals surface area contributed by atoms with E-state index in [-0.39, 0.29) is 0 Å². The SMILES string of the molecule is c1cc2cc(c1)Cc1cccc(c1)Cc1cccc(c1)Cc1cccc(c1)Cc1cccc(c1)Cc1cccc(c1)Cc1cccc(c1)Cc1cccc(c1)Cc1cccc(c1)Cc1cccc(c1)C2. The fourth-order valence-electron chi connectivity index (χ4n) is 10.9. The van der Waals surface area contributed by atoms with Gasteiger partial charge < -0.3 is 0 Å². The van der Waals surface area contributed by atoms with E-state index in [1.807, 2.05) is 0 Å². The van der Waals surface area contributed by atoms with Gasteiger partial charge in [-0.15, -0.1) is 0 Å². The zero-order chi connectivity index (χ0) is 46.9. The summed E-state index contributed by atoms with van der Waals surface area (Å²) in [7, 11) is 0. The fraction of sp³-hybridized carbons (Fsp3) is 0.143. The van der Waals surface area contributed by atoms with Crippen LogP contribution in [0.15, 0.2) is 243 Å². The van der Waals surface area contributed by atoms with Gasteiger partial charge in [-0.1, -0.05) is 243 Å². The van der Waals surface area contributed by atoms with E-state index < -0.39 is 0 Å². The average Bonchev–Trinajstić information content (AvgIpc) is 3.35. The molecule has 0 heterocycles. The van der Waals surface area contributed by atoms with Crippen molar-refractivity contribution in [1.29, 1.82) is 0 Å². The molecule has 0 amide bonds. The Morgan fingerprint density at radius 1 is 0.114 bits per heavy atom. The van der Waals surface area contributed by atoms with Gasteiger partial charge in [0.1, 0.15) is 0 Å². The van der Waals surface area contributed by atoms with Gasteiger partial charge in [-0.05, 0) is 175 Å². The molecule has 0 nitrogen and oxygen atoms in total. The van der Waals surface area contributed by atoms with Crippen molar-refractivity contribution in [2.24, 2.45) is 0 Å². The van der Waals surface area contributed by atoms with E-state index >= 15 is 0 Å². The molecule has 0 N–H and O–H groups in total. The maximum absolute atomic E-state index is 2.41. The largest absolute Gasteiger partial charge is 0.0617 e. The van der Waals surface area contributed by atoms with Gasteiger partial charge in [0.2, 0.25) is 0 Å². The molecule has 0 aromatic heterocycles. The van der Waals surface area contributed by atoms with Gasteiger partial charge in [-0.3, -0.25) is 0 Å². The highest BCUT2D eigenvalue weighted by Gasteiger charge is 2.10. The van der Waals surface area contributed by atoms with Crippen molar-refractivity contribution in [2.45, 2.75) is 64.2 Å². The van der Waals surface area contributed by atoms with Gasteiger partial charge in [-0.25, -0.2) is 0 Å². The maximum Gasteiger partial charge on any atom is -0.00256 e. The molecule has 0 fully saturated rings. The summed E-state index contributed by atoms with van der Waals surface area (Å²) in [6.45, 7) is 0. The minimum absolute atomic E-state index is 0.921. The summed E-state index contributed by atoms with van der Waals surface area (Å²) in [5.41, 5.74) is 27.1. The monoisotopic (exact) mass is 900 g/mol. The van der Waals surface area contributed by atoms with Crippen molar-refractivity contribution in [3.63, 3.8) is 0 Å². The van der Waals surface area contributed by atoms with Crippen molar-refractivity contribution < 1.29 is 0 Å². The lowest BCUT2D eigenvalue weighted by Gasteiger charge is -2.11. The molecule has 20 bridgehead atoms. The second-order valence-electron chi connectivity index (χ2n) is 20.0. The van der Waals surface area contributed by atoms with Gasteiger partial charge in [0.25, 0.3) is 0 Å². The first-order valence-electron chi connectivity index (χ1n) is 25.3. The van der Waals surface area contributed by atoms with Crippen LogP contribution in [0.25, 0.3) is 0 Å². The molecule has 70 heavy (non-hydrogen) atoms. The van der Waals surface area contributed by atoms with E-state index in [1.54, 1.807) is 0 Å². The second-order valence-corrected chi connectivity index (χ2v) is 20.0. The predicted octanol–water partition coefficient (Wildman–Crippen LogP) is 15.9. The summed E-state index contributed by atoms with van der Waals surface area (Å²) in [5, 5.41) is 0. The van der Waals surface area contributed by atoms with Crippen molar-refractivity contribution in [2.75, 3.05) is 0 Å². The van der Waals surface area contributed by atoms with E-state index in [2.05, 4.69) is 243 Å². The lowest BCUT2D eigenvalue weighted by atomic mass is 9.94. The summed E-state index contributed by atoms with van der Waals surface area (Å²) in [6.07, 6.45) is 9.21. The van der Waals surface area contributed by atoms with Crippen LogP contribution in [-0.2, 0) is 64.2 Å². The molecule has 0 spiro atoms. The summed E-state index contributed by atoms with van der Waals surface area (Å²) in [6, 6.07) is 92.0. The number of hydrogen-bond acceptors (Lipinski definition) is 0. The van der Waals surface area contributed by atoms with Crippen LogP contribution in [0.2, 0.25) is 0 Å². The normalized spacial score (nSPS) is 13.1. The average molecular weight is 901 g/mol. The third kappa shape index (κ3) is 12.1. The van der Waals surface area contributed by atoms with Crippen LogP contribution < -0.4 is 0 Å². The minimum atomic E-state index is 0.921. The first kappa shape index (κ1) is 44.7. The molecular formula is C70H60. The van der Waals surface area contributed by atoms with Gasteiger partial charge in [-0.2, -0.15) is 0 Å². The molecule has 1 aliphatic carbocycles. The van der Waals surface area contributed by atoms with E-state index in [9.17, 15) is 0 Å². The van der Waals surface area contributed by atoms with Crippen LogP contribution >= 0.6 is 0 Å². The lowest BCUT2D eigenvalue weighted by molar-refractivity contribution is 1.09. The van der Waals surface area contributed by atoms with Crippen LogP contribution in [-0.4, -0.2) is 0 Å². The summed E-state index contributed by atoms with van der Waals surface area (Å²) in [5.74, 6) is 0. The van der Waals surface area contributed by atoms with Gasteiger partial charge in [0, 0.05) is 0 Å². The first-order chi connectivity index (χ1) is 34.5. The van der Waals surface area contributed by atoms with Crippen molar-refractivity contribution >= 4 is 0 Å². The summed E-state index contributed by atoms with van der Waals surface area (Å²) >= 11 is 0. The molecule has 0 radical (unpaired) electrons. The topological polar surface area (TPSA) is 0 Å². The van der Waals surface area contributed by atoms with Crippen LogP contribution in [0.3, 0.4) is 0 Å². The van der Waals surface area contributed by atoms with Crippen LogP contribution in [0.5, 0.6) is 0 Å². The Labute approximate surface area is 416 Å². The zero-order valence-electron chi connectivity index (χ0n) is 40.2. The molecule has 0 saturated heterocycles. The molecule has 11 rings (SSSR count). The van der Waals surface area contributed by atoms with Crippen molar-refractivity contribution in [3.8, 4) is 0 Å². The molecular weight excluding hydrogens is 841 g/mol. The lowest BCUT2D eigenvalue weighted by Crippen LogP contribution is -1.97. The van der Waals surface area contributed by atoms with Crippen molar-refractivity contribution in [3.05, 3.63) is 354 Å². The van der Waals surface area contributed by atoms with Crippen LogP contribution in [0.1, 0.15) is 111 Å². The van der Waals surface area contributed by atoms with Gasteiger partial charge in [0.05, 0.1) is 0 Å². The molecule has 340 valence electrons. The highest BCUT2D eigenvalue weighted by atomic mass is 14.1. The number of fused-ring (bicyclic) bond motifs is 20. The van der Waals surface area contributed by atoms with Gasteiger partial charge in [0.15, 0.2) is 0 Å². The first-order valence-corrected chi connectivity index (χ1v) is 25.3. The third-order valence-electron chi connectivity index (χ3n) is 14.0. The van der Waals surface area contributed by atoms with Gasteiger partial charge >= 0.3 is 0 Å². The third-order valence-corrected chi connectivity index (χ3v) is 14.0. The maximum atomic E-state index is 2.41. The van der Waals surface area contributed by atoms with Crippen molar-refractivity contribution in [1.82, 2.24) is 0 Å². The molecule has 0 aliphatic heterocycles. The Hall–Kier alpha value is -7.80. The molecule has 1 aliphatic rings. The fourth-order valence-corrected chi connectivity index (χ4v) is 10.9. The predicted molar refractivity (Wildman–Crippen MR) is 292 cm³/mol. The highest BCUT2D eigenvalue weighted by Crippen LogP contribution is 2.24.